The van der Waals surface area contributed by atoms with Gasteiger partial charge < -0.3 is 5.32 Å². The van der Waals surface area contributed by atoms with Gasteiger partial charge in [-0.15, -0.1) is 10.2 Å². The molecule has 19 heavy (non-hydrogen) atoms. The van der Waals surface area contributed by atoms with Crippen LogP contribution in [0.4, 0.5) is 0 Å². The maximum Gasteiger partial charge on any atom is 0.191 e. The van der Waals surface area contributed by atoms with Gasteiger partial charge in [0.2, 0.25) is 0 Å². The van der Waals surface area contributed by atoms with Gasteiger partial charge in [-0.3, -0.25) is 0 Å². The van der Waals surface area contributed by atoms with Gasteiger partial charge in [0.1, 0.15) is 0 Å². The largest absolute Gasteiger partial charge is 0.300 e. The first-order valence-electron chi connectivity index (χ1n) is 6.82. The molecule has 5 heteroatoms. The summed E-state index contributed by atoms with van der Waals surface area (Å²) in [4.78, 5) is 0. The Morgan fingerprint density at radius 3 is 2.47 bits per heavy atom. The second-order valence-electron chi connectivity index (χ2n) is 4.71. The first-order chi connectivity index (χ1) is 9.24. The van der Waals surface area contributed by atoms with Gasteiger partial charge in [-0.05, 0) is 30.9 Å². The van der Waals surface area contributed by atoms with Gasteiger partial charge in [0.25, 0.3) is 0 Å². The third-order valence-electron chi connectivity index (χ3n) is 3.40. The van der Waals surface area contributed by atoms with E-state index in [1.807, 2.05) is 6.92 Å². The quantitative estimate of drug-likeness (QED) is 0.836. The average molecular weight is 259 g/mol. The maximum absolute atomic E-state index is 4.01. The van der Waals surface area contributed by atoms with Gasteiger partial charge in [0.05, 0.1) is 6.04 Å². The highest BCUT2D eigenvalue weighted by Crippen LogP contribution is 2.21. The zero-order valence-corrected chi connectivity index (χ0v) is 11.7. The summed E-state index contributed by atoms with van der Waals surface area (Å²) in [5.41, 5.74) is 2.67. The number of hydrogen-bond donors (Lipinski definition) is 2. The second-order valence-corrected chi connectivity index (χ2v) is 4.71. The van der Waals surface area contributed by atoms with Gasteiger partial charge >= 0.3 is 0 Å². The van der Waals surface area contributed by atoms with Crippen molar-refractivity contribution in [1.82, 2.24) is 25.9 Å². The fourth-order valence-electron chi connectivity index (χ4n) is 2.16. The number of tetrazole rings is 1. The lowest BCUT2D eigenvalue weighted by Crippen LogP contribution is -2.25. The zero-order chi connectivity index (χ0) is 13.7. The Morgan fingerprint density at radius 2 is 1.95 bits per heavy atom. The first kappa shape index (κ1) is 13.7. The molecule has 0 fully saturated rings. The lowest BCUT2D eigenvalue weighted by atomic mass is 10.0. The van der Waals surface area contributed by atoms with E-state index in [2.05, 4.69) is 64.1 Å². The standard InChI is InChI=1S/C14H21N5/c1-4-11-6-8-12(9-7-11)13(5-2)15-10(3)14-16-18-19-17-14/h6-10,13,15H,4-5H2,1-3H3,(H,16,17,18,19). The second kappa shape index (κ2) is 6.43. The smallest absolute Gasteiger partial charge is 0.191 e. The van der Waals surface area contributed by atoms with Crippen LogP contribution in [-0.2, 0) is 6.42 Å². The molecule has 2 unspecified atom stereocenters. The van der Waals surface area contributed by atoms with Crippen molar-refractivity contribution in [3.8, 4) is 0 Å². The van der Waals surface area contributed by atoms with Gasteiger partial charge in [-0.25, -0.2) is 0 Å². The molecule has 102 valence electrons. The molecule has 0 amide bonds. The molecule has 2 rings (SSSR count). The predicted octanol–water partition coefficient (Wildman–Crippen LogP) is 2.56. The molecule has 0 bridgehead atoms. The van der Waals surface area contributed by atoms with Gasteiger partial charge in [0, 0.05) is 6.04 Å². The molecule has 1 aromatic carbocycles. The molecule has 0 aliphatic heterocycles. The number of nitrogens with one attached hydrogen (secondary N) is 2. The van der Waals surface area contributed by atoms with E-state index in [1.165, 1.54) is 11.1 Å². The predicted molar refractivity (Wildman–Crippen MR) is 74.6 cm³/mol. The Labute approximate surface area is 113 Å². The molecule has 0 radical (unpaired) electrons. The number of aromatic nitrogens is 4. The van der Waals surface area contributed by atoms with Crippen molar-refractivity contribution in [2.75, 3.05) is 0 Å². The van der Waals surface area contributed by atoms with Crippen molar-refractivity contribution >= 4 is 0 Å². The maximum atomic E-state index is 4.01. The number of H-pyrrole nitrogens is 1. The Kier molecular flexibility index (Phi) is 4.63. The summed E-state index contributed by atoms with van der Waals surface area (Å²) in [5.74, 6) is 0.698. The summed E-state index contributed by atoms with van der Waals surface area (Å²) in [6.07, 6.45) is 2.09. The Balaban J connectivity index is 2.06. The summed E-state index contributed by atoms with van der Waals surface area (Å²) in [5, 5.41) is 17.6. The molecule has 0 spiro atoms. The van der Waals surface area contributed by atoms with Crippen molar-refractivity contribution in [2.45, 2.75) is 45.7 Å². The van der Waals surface area contributed by atoms with Crippen molar-refractivity contribution in [3.05, 3.63) is 41.2 Å². The Bertz CT molecular complexity index is 477. The zero-order valence-electron chi connectivity index (χ0n) is 11.7. The van der Waals surface area contributed by atoms with E-state index < -0.39 is 0 Å². The minimum Gasteiger partial charge on any atom is -0.300 e. The van der Waals surface area contributed by atoms with E-state index in [4.69, 9.17) is 0 Å². The lowest BCUT2D eigenvalue weighted by molar-refractivity contribution is 0.442. The number of benzene rings is 1. The molecular weight excluding hydrogens is 238 g/mol. The van der Waals surface area contributed by atoms with Crippen LogP contribution in [0.3, 0.4) is 0 Å². The van der Waals surface area contributed by atoms with E-state index in [-0.39, 0.29) is 6.04 Å². The Hall–Kier alpha value is -1.75. The van der Waals surface area contributed by atoms with Crippen molar-refractivity contribution in [1.29, 1.82) is 0 Å². The summed E-state index contributed by atoms with van der Waals surface area (Å²) < 4.78 is 0. The van der Waals surface area contributed by atoms with Crippen LogP contribution in [0, 0.1) is 0 Å². The fraction of sp³-hybridized carbons (Fsp3) is 0.500. The highest BCUT2D eigenvalue weighted by atomic mass is 15.5. The summed E-state index contributed by atoms with van der Waals surface area (Å²) in [6, 6.07) is 9.16. The third kappa shape index (κ3) is 3.38. The van der Waals surface area contributed by atoms with Gasteiger partial charge in [0.15, 0.2) is 5.82 Å². The minimum atomic E-state index is 0.0783. The monoisotopic (exact) mass is 259 g/mol. The van der Waals surface area contributed by atoms with Crippen LogP contribution in [0.1, 0.15) is 56.2 Å². The van der Waals surface area contributed by atoms with E-state index in [9.17, 15) is 0 Å². The van der Waals surface area contributed by atoms with Crippen LogP contribution >= 0.6 is 0 Å². The third-order valence-corrected chi connectivity index (χ3v) is 3.40. The summed E-state index contributed by atoms with van der Waals surface area (Å²) in [6.45, 7) is 6.39. The number of nitrogens with zero attached hydrogens (tertiary/aromatic N) is 3. The molecule has 5 nitrogen and oxygen atoms in total. The highest BCUT2D eigenvalue weighted by Gasteiger charge is 2.16. The van der Waals surface area contributed by atoms with Gasteiger partial charge in [-0.1, -0.05) is 43.3 Å². The van der Waals surface area contributed by atoms with Gasteiger partial charge in [-0.2, -0.15) is 5.21 Å². The molecule has 2 aromatic rings. The topological polar surface area (TPSA) is 66.5 Å². The number of aryl methyl sites for hydroxylation is 1. The summed E-state index contributed by atoms with van der Waals surface area (Å²) in [7, 11) is 0. The van der Waals surface area contributed by atoms with Crippen molar-refractivity contribution in [3.63, 3.8) is 0 Å². The fourth-order valence-corrected chi connectivity index (χ4v) is 2.16. The minimum absolute atomic E-state index is 0.0783. The van der Waals surface area contributed by atoms with Crippen LogP contribution < -0.4 is 5.32 Å². The molecule has 0 aliphatic carbocycles. The SMILES string of the molecule is CCc1ccc(C(CC)NC(C)c2nn[nH]n2)cc1. The summed E-state index contributed by atoms with van der Waals surface area (Å²) >= 11 is 0. The molecule has 2 N–H and O–H groups in total. The van der Waals surface area contributed by atoms with E-state index in [0.29, 0.717) is 11.9 Å². The molecular formula is C14H21N5. The number of hydrogen-bond acceptors (Lipinski definition) is 4. The van der Waals surface area contributed by atoms with Crippen LogP contribution in [0.2, 0.25) is 0 Å². The van der Waals surface area contributed by atoms with E-state index >= 15 is 0 Å². The average Bonchev–Trinajstić information content (AvgIpc) is 2.99. The Morgan fingerprint density at radius 1 is 1.21 bits per heavy atom. The van der Waals surface area contributed by atoms with Crippen LogP contribution in [0.5, 0.6) is 0 Å². The molecule has 0 saturated carbocycles. The lowest BCUT2D eigenvalue weighted by Gasteiger charge is -2.21. The number of rotatable bonds is 6. The number of aromatic amines is 1. The van der Waals surface area contributed by atoms with E-state index in [1.54, 1.807) is 0 Å². The molecule has 1 heterocycles. The first-order valence-corrected chi connectivity index (χ1v) is 6.82. The molecule has 2 atom stereocenters. The normalized spacial score (nSPS) is 14.3. The molecule has 0 saturated heterocycles. The molecule has 1 aromatic heterocycles. The molecule has 0 aliphatic rings. The van der Waals surface area contributed by atoms with Crippen LogP contribution in [-0.4, -0.2) is 20.6 Å². The van der Waals surface area contributed by atoms with Crippen LogP contribution in [0.25, 0.3) is 0 Å². The van der Waals surface area contributed by atoms with Crippen molar-refractivity contribution in [2.24, 2.45) is 0 Å². The van der Waals surface area contributed by atoms with Crippen LogP contribution in [0.15, 0.2) is 24.3 Å². The van der Waals surface area contributed by atoms with E-state index in [0.717, 1.165) is 12.8 Å². The van der Waals surface area contributed by atoms with Crippen molar-refractivity contribution < 1.29 is 0 Å². The highest BCUT2D eigenvalue weighted by molar-refractivity contribution is 5.25.